The highest BCUT2D eigenvalue weighted by Gasteiger charge is 2.20. The third kappa shape index (κ3) is 6.48. The molecule has 180 valence electrons. The number of thioether (sulfide) groups is 1. The Hall–Kier alpha value is -3.11. The van der Waals surface area contributed by atoms with Gasteiger partial charge in [-0.2, -0.15) is 0 Å². The van der Waals surface area contributed by atoms with Crippen LogP contribution in [0, 0.1) is 5.82 Å². The van der Waals surface area contributed by atoms with Crippen molar-refractivity contribution in [3.05, 3.63) is 64.7 Å². The number of nitrogens with one attached hydrogen (secondary N) is 1. The lowest BCUT2D eigenvalue weighted by Crippen LogP contribution is -2.15. The minimum Gasteiger partial charge on any atom is -0.481 e. The van der Waals surface area contributed by atoms with E-state index in [9.17, 15) is 14.0 Å². The van der Waals surface area contributed by atoms with Crippen LogP contribution in [0.4, 0.5) is 10.1 Å². The van der Waals surface area contributed by atoms with Crippen molar-refractivity contribution in [1.29, 1.82) is 0 Å². The van der Waals surface area contributed by atoms with Crippen LogP contribution in [0.1, 0.15) is 43.1 Å². The second-order valence-electron chi connectivity index (χ2n) is 7.05. The molecule has 11 heteroatoms. The maximum absolute atomic E-state index is 13.3. The van der Waals surface area contributed by atoms with E-state index in [1.807, 2.05) is 11.5 Å². The quantitative estimate of drug-likeness (QED) is 0.300. The van der Waals surface area contributed by atoms with Crippen LogP contribution in [0.2, 0.25) is 5.02 Å². The fourth-order valence-corrected chi connectivity index (χ4v) is 4.07. The number of hydrogen-bond acceptors (Lipinski definition) is 7. The van der Waals surface area contributed by atoms with Gasteiger partial charge >= 0.3 is 5.97 Å². The Balaban J connectivity index is 1.59. The van der Waals surface area contributed by atoms with Gasteiger partial charge in [0.25, 0.3) is 0 Å². The molecule has 0 bridgehead atoms. The van der Waals surface area contributed by atoms with Crippen LogP contribution < -0.4 is 10.1 Å². The van der Waals surface area contributed by atoms with Crippen LogP contribution in [0.5, 0.6) is 5.75 Å². The molecule has 1 amide bonds. The maximum atomic E-state index is 13.3. The third-order valence-electron chi connectivity index (χ3n) is 4.64. The highest BCUT2D eigenvalue weighted by atomic mass is 35.5. The topological polar surface area (TPSA) is 95.3 Å². The number of hydrogen-bond donors (Lipinski definition) is 1. The summed E-state index contributed by atoms with van der Waals surface area (Å²) in [5.41, 5.74) is 0.977. The number of carbonyl (C=O) groups excluding carboxylic acids is 2. The third-order valence-corrected chi connectivity index (χ3v) is 5.90. The van der Waals surface area contributed by atoms with Crippen LogP contribution in [-0.2, 0) is 16.1 Å². The number of anilines is 1. The van der Waals surface area contributed by atoms with Crippen LogP contribution in [-0.4, -0.2) is 39.0 Å². The molecule has 8 nitrogen and oxygen atoms in total. The van der Waals surface area contributed by atoms with E-state index in [0.717, 1.165) is 0 Å². The van der Waals surface area contributed by atoms with Gasteiger partial charge in [0.2, 0.25) is 5.91 Å². The number of halogens is 2. The van der Waals surface area contributed by atoms with Crippen LogP contribution >= 0.6 is 23.4 Å². The lowest BCUT2D eigenvalue weighted by Gasteiger charge is -2.16. The van der Waals surface area contributed by atoms with E-state index < -0.39 is 17.9 Å². The molecular formula is C23H24ClFN4O4S. The predicted octanol–water partition coefficient (Wildman–Crippen LogP) is 5.14. The molecule has 1 heterocycles. The molecule has 0 spiro atoms. The second kappa shape index (κ2) is 11.8. The Bertz CT molecular complexity index is 1160. The SMILES string of the molecule is CCOC(=O)c1ccc(NC(=O)CSc2nnc(C(C)Oc3ccc(F)cc3Cl)n2CC)cc1. The summed E-state index contributed by atoms with van der Waals surface area (Å²) in [5, 5.41) is 11.9. The number of esters is 1. The Morgan fingerprint density at radius 3 is 2.56 bits per heavy atom. The molecule has 0 aliphatic heterocycles. The zero-order valence-corrected chi connectivity index (χ0v) is 20.5. The maximum Gasteiger partial charge on any atom is 0.338 e. The Morgan fingerprint density at radius 1 is 1.18 bits per heavy atom. The first-order chi connectivity index (χ1) is 16.3. The van der Waals surface area contributed by atoms with E-state index in [1.165, 1.54) is 30.0 Å². The molecule has 0 saturated heterocycles. The first kappa shape index (κ1) is 25.5. The highest BCUT2D eigenvalue weighted by molar-refractivity contribution is 7.99. The van der Waals surface area contributed by atoms with Crippen LogP contribution in [0.3, 0.4) is 0 Å². The number of aromatic nitrogens is 3. The Morgan fingerprint density at radius 2 is 1.91 bits per heavy atom. The van der Waals surface area contributed by atoms with Crippen molar-refractivity contribution >= 4 is 40.9 Å². The van der Waals surface area contributed by atoms with Gasteiger partial charge in [-0.25, -0.2) is 9.18 Å². The molecule has 1 aromatic heterocycles. The van der Waals surface area contributed by atoms with Crippen molar-refractivity contribution in [1.82, 2.24) is 14.8 Å². The van der Waals surface area contributed by atoms with Gasteiger partial charge in [0.1, 0.15) is 11.6 Å². The molecule has 0 aliphatic rings. The van der Waals surface area contributed by atoms with Gasteiger partial charge in [0.15, 0.2) is 17.1 Å². The lowest BCUT2D eigenvalue weighted by molar-refractivity contribution is -0.113. The minimum atomic E-state index is -0.503. The van der Waals surface area contributed by atoms with Gasteiger partial charge in [-0.15, -0.1) is 10.2 Å². The summed E-state index contributed by atoms with van der Waals surface area (Å²) in [6.07, 6.45) is -0.503. The number of nitrogens with zero attached hydrogens (tertiary/aromatic N) is 3. The minimum absolute atomic E-state index is 0.108. The first-order valence-electron chi connectivity index (χ1n) is 10.6. The number of carbonyl (C=O) groups is 2. The summed E-state index contributed by atoms with van der Waals surface area (Å²) in [7, 11) is 0. The van der Waals surface area contributed by atoms with E-state index in [-0.39, 0.29) is 16.7 Å². The summed E-state index contributed by atoms with van der Waals surface area (Å²) in [6, 6.07) is 10.4. The molecule has 34 heavy (non-hydrogen) atoms. The summed E-state index contributed by atoms with van der Waals surface area (Å²) in [6.45, 7) is 6.31. The van der Waals surface area contributed by atoms with Gasteiger partial charge in [0, 0.05) is 12.2 Å². The Labute approximate surface area is 205 Å². The molecule has 0 saturated carbocycles. The van der Waals surface area contributed by atoms with Gasteiger partial charge in [0.05, 0.1) is 22.9 Å². The van der Waals surface area contributed by atoms with E-state index in [4.69, 9.17) is 21.1 Å². The molecule has 1 N–H and O–H groups in total. The number of rotatable bonds is 10. The smallest absolute Gasteiger partial charge is 0.338 e. The molecular weight excluding hydrogens is 483 g/mol. The summed E-state index contributed by atoms with van der Waals surface area (Å²) in [4.78, 5) is 24.1. The molecule has 0 aliphatic carbocycles. The average Bonchev–Trinajstić information content (AvgIpc) is 3.23. The predicted molar refractivity (Wildman–Crippen MR) is 128 cm³/mol. The molecule has 3 aromatic rings. The summed E-state index contributed by atoms with van der Waals surface area (Å²) < 4.78 is 25.9. The average molecular weight is 507 g/mol. The normalized spacial score (nSPS) is 11.7. The summed E-state index contributed by atoms with van der Waals surface area (Å²) in [5.74, 6) is -0.0941. The second-order valence-corrected chi connectivity index (χ2v) is 8.40. The van der Waals surface area contributed by atoms with Crippen molar-refractivity contribution in [2.75, 3.05) is 17.7 Å². The standard InChI is InChI=1S/C23H24ClFN4O4S/c1-4-29-21(14(3)33-19-11-8-16(25)12-18(19)24)27-28-23(29)34-13-20(30)26-17-9-6-15(7-10-17)22(31)32-5-2/h6-12,14H,4-5,13H2,1-3H3,(H,26,30). The molecule has 0 fully saturated rings. The highest BCUT2D eigenvalue weighted by Crippen LogP contribution is 2.30. The van der Waals surface area contributed by atoms with E-state index in [0.29, 0.717) is 41.1 Å². The number of benzene rings is 2. The molecule has 3 rings (SSSR count). The van der Waals surface area contributed by atoms with Crippen molar-refractivity contribution in [3.63, 3.8) is 0 Å². The van der Waals surface area contributed by atoms with Crippen molar-refractivity contribution in [2.24, 2.45) is 0 Å². The molecule has 1 unspecified atom stereocenters. The fraction of sp³-hybridized carbons (Fsp3) is 0.304. The van der Waals surface area contributed by atoms with Crippen molar-refractivity contribution < 1.29 is 23.5 Å². The van der Waals surface area contributed by atoms with Crippen molar-refractivity contribution in [2.45, 2.75) is 38.6 Å². The first-order valence-corrected chi connectivity index (χ1v) is 11.9. The van der Waals surface area contributed by atoms with E-state index >= 15 is 0 Å². The summed E-state index contributed by atoms with van der Waals surface area (Å²) >= 11 is 7.29. The lowest BCUT2D eigenvalue weighted by atomic mass is 10.2. The zero-order chi connectivity index (χ0) is 24.7. The van der Waals surface area contributed by atoms with Gasteiger partial charge in [-0.3, -0.25) is 4.79 Å². The molecule has 2 aromatic carbocycles. The largest absolute Gasteiger partial charge is 0.481 e. The van der Waals surface area contributed by atoms with Crippen LogP contribution in [0.15, 0.2) is 47.6 Å². The monoisotopic (exact) mass is 506 g/mol. The number of ether oxygens (including phenoxy) is 2. The van der Waals surface area contributed by atoms with E-state index in [1.54, 1.807) is 38.1 Å². The van der Waals surface area contributed by atoms with Crippen molar-refractivity contribution in [3.8, 4) is 5.75 Å². The van der Waals surface area contributed by atoms with Gasteiger partial charge in [-0.1, -0.05) is 23.4 Å². The number of amides is 1. The molecule has 0 radical (unpaired) electrons. The molecule has 1 atom stereocenters. The van der Waals surface area contributed by atoms with Gasteiger partial charge < -0.3 is 19.4 Å². The van der Waals surface area contributed by atoms with E-state index in [2.05, 4.69) is 15.5 Å². The van der Waals surface area contributed by atoms with Crippen LogP contribution in [0.25, 0.3) is 0 Å². The zero-order valence-electron chi connectivity index (χ0n) is 18.9. The fourth-order valence-electron chi connectivity index (χ4n) is 3.05. The Kier molecular flexibility index (Phi) is 8.89. The van der Waals surface area contributed by atoms with Gasteiger partial charge in [-0.05, 0) is 63.2 Å².